The fourth-order valence-corrected chi connectivity index (χ4v) is 2.78. The largest absolute Gasteiger partial charge is 0.363 e. The first kappa shape index (κ1) is 10.8. The number of aromatic nitrogens is 2. The molecule has 0 aliphatic carbocycles. The van der Waals surface area contributed by atoms with Gasteiger partial charge >= 0.3 is 0 Å². The van der Waals surface area contributed by atoms with Crippen molar-refractivity contribution in [3.63, 3.8) is 0 Å². The molecule has 0 bridgehead atoms. The Morgan fingerprint density at radius 3 is 3.07 bits per heavy atom. The van der Waals surface area contributed by atoms with Gasteiger partial charge in [-0.2, -0.15) is 0 Å². The first-order valence-corrected chi connectivity index (χ1v) is 6.32. The number of hydrogen-bond donors (Lipinski definition) is 1. The van der Waals surface area contributed by atoms with Gasteiger partial charge in [-0.1, -0.05) is 18.3 Å². The van der Waals surface area contributed by atoms with Gasteiger partial charge in [0.25, 0.3) is 0 Å². The summed E-state index contributed by atoms with van der Waals surface area (Å²) in [6.07, 6.45) is 2.69. The summed E-state index contributed by atoms with van der Waals surface area (Å²) in [4.78, 5) is 2.48. The van der Waals surface area contributed by atoms with E-state index in [1.165, 1.54) is 25.9 Å². The Hall–Kier alpha value is -0.680. The molecule has 4 nitrogen and oxygen atoms in total. The van der Waals surface area contributed by atoms with E-state index in [0.717, 1.165) is 22.6 Å². The molecule has 0 radical (unpaired) electrons. The highest BCUT2D eigenvalue weighted by Crippen LogP contribution is 2.20. The molecule has 1 unspecified atom stereocenters. The van der Waals surface area contributed by atoms with Crippen molar-refractivity contribution in [3.05, 3.63) is 5.01 Å². The lowest BCUT2D eigenvalue weighted by Gasteiger charge is -2.29. The van der Waals surface area contributed by atoms with Gasteiger partial charge in [0.05, 0.1) is 6.54 Å². The minimum Gasteiger partial charge on any atom is -0.363 e. The van der Waals surface area contributed by atoms with Gasteiger partial charge in [-0.3, -0.25) is 4.90 Å². The van der Waals surface area contributed by atoms with Gasteiger partial charge in [0, 0.05) is 13.6 Å². The van der Waals surface area contributed by atoms with Crippen LogP contribution < -0.4 is 5.32 Å². The number of nitrogens with one attached hydrogen (secondary N) is 1. The Labute approximate surface area is 94.7 Å². The van der Waals surface area contributed by atoms with Crippen molar-refractivity contribution < 1.29 is 0 Å². The van der Waals surface area contributed by atoms with Crippen molar-refractivity contribution in [2.24, 2.45) is 5.92 Å². The molecule has 0 aromatic carbocycles. The average molecular weight is 226 g/mol. The summed E-state index contributed by atoms with van der Waals surface area (Å²) in [7, 11) is 1.88. The third-order valence-corrected chi connectivity index (χ3v) is 3.71. The van der Waals surface area contributed by atoms with E-state index in [9.17, 15) is 0 Å². The number of nitrogens with zero attached hydrogens (tertiary/aromatic N) is 3. The highest BCUT2D eigenvalue weighted by atomic mass is 32.1. The van der Waals surface area contributed by atoms with Crippen molar-refractivity contribution in [2.45, 2.75) is 26.3 Å². The lowest BCUT2D eigenvalue weighted by molar-refractivity contribution is 0.176. The van der Waals surface area contributed by atoms with E-state index >= 15 is 0 Å². The molecule has 5 heteroatoms. The number of rotatable bonds is 3. The van der Waals surface area contributed by atoms with Crippen molar-refractivity contribution in [2.75, 3.05) is 25.5 Å². The van der Waals surface area contributed by atoms with Crippen molar-refractivity contribution >= 4 is 16.5 Å². The van der Waals surface area contributed by atoms with Crippen molar-refractivity contribution in [3.8, 4) is 0 Å². The summed E-state index contributed by atoms with van der Waals surface area (Å²) in [6.45, 7) is 5.70. The highest BCUT2D eigenvalue weighted by molar-refractivity contribution is 7.15. The molecule has 0 amide bonds. The summed E-state index contributed by atoms with van der Waals surface area (Å²) < 4.78 is 0. The van der Waals surface area contributed by atoms with Crippen LogP contribution in [0.3, 0.4) is 0 Å². The van der Waals surface area contributed by atoms with E-state index in [4.69, 9.17) is 0 Å². The van der Waals surface area contributed by atoms with E-state index in [-0.39, 0.29) is 0 Å². The number of hydrogen-bond acceptors (Lipinski definition) is 5. The maximum atomic E-state index is 4.17. The lowest BCUT2D eigenvalue weighted by Crippen LogP contribution is -2.33. The zero-order valence-electron chi connectivity index (χ0n) is 9.36. The zero-order chi connectivity index (χ0) is 10.7. The molecule has 1 aliphatic heterocycles. The summed E-state index contributed by atoms with van der Waals surface area (Å²) in [5.41, 5.74) is 0. The molecule has 0 spiro atoms. The van der Waals surface area contributed by atoms with Crippen LogP contribution in [0.25, 0.3) is 0 Å². The van der Waals surface area contributed by atoms with E-state index in [0.29, 0.717) is 0 Å². The Morgan fingerprint density at radius 2 is 2.40 bits per heavy atom. The first-order valence-electron chi connectivity index (χ1n) is 5.50. The van der Waals surface area contributed by atoms with E-state index < -0.39 is 0 Å². The Bertz CT molecular complexity index is 312. The number of anilines is 1. The molecule has 2 rings (SSSR count). The summed E-state index contributed by atoms with van der Waals surface area (Å²) in [5, 5.41) is 13.3. The lowest BCUT2D eigenvalue weighted by atomic mass is 10.0. The van der Waals surface area contributed by atoms with Crippen LogP contribution in [0.15, 0.2) is 0 Å². The Morgan fingerprint density at radius 1 is 1.53 bits per heavy atom. The molecule has 2 heterocycles. The van der Waals surface area contributed by atoms with Gasteiger partial charge in [-0.25, -0.2) is 0 Å². The topological polar surface area (TPSA) is 41.1 Å². The first-order chi connectivity index (χ1) is 7.28. The molecule has 84 valence electrons. The normalized spacial score (nSPS) is 22.9. The Balaban J connectivity index is 1.90. The maximum absolute atomic E-state index is 4.17. The maximum Gasteiger partial charge on any atom is 0.205 e. The van der Waals surface area contributed by atoms with Crippen LogP contribution in [0, 0.1) is 5.92 Å². The van der Waals surface area contributed by atoms with Gasteiger partial charge < -0.3 is 5.32 Å². The molecule has 1 aromatic heterocycles. The van der Waals surface area contributed by atoms with Gasteiger partial charge in [-0.05, 0) is 25.3 Å². The van der Waals surface area contributed by atoms with Crippen LogP contribution in [-0.4, -0.2) is 35.2 Å². The van der Waals surface area contributed by atoms with Gasteiger partial charge in [-0.15, -0.1) is 10.2 Å². The summed E-state index contributed by atoms with van der Waals surface area (Å²) in [5.74, 6) is 0.829. The average Bonchev–Trinajstić information content (AvgIpc) is 2.65. The molecular formula is C10H18N4S. The summed E-state index contributed by atoms with van der Waals surface area (Å²) in [6, 6.07) is 0. The minimum atomic E-state index is 0.829. The fraction of sp³-hybridized carbons (Fsp3) is 0.800. The molecule has 1 saturated heterocycles. The molecule has 1 fully saturated rings. The predicted molar refractivity (Wildman–Crippen MR) is 63.1 cm³/mol. The second-order valence-electron chi connectivity index (χ2n) is 4.23. The predicted octanol–water partition coefficient (Wildman–Crippen LogP) is 1.81. The summed E-state index contributed by atoms with van der Waals surface area (Å²) >= 11 is 1.65. The van der Waals surface area contributed by atoms with Crippen LogP contribution in [0.2, 0.25) is 0 Å². The molecule has 0 saturated carbocycles. The van der Waals surface area contributed by atoms with Crippen LogP contribution in [-0.2, 0) is 6.54 Å². The number of likely N-dealkylation sites (tertiary alicyclic amines) is 1. The van der Waals surface area contributed by atoms with Gasteiger partial charge in [0.1, 0.15) is 5.01 Å². The standard InChI is InChI=1S/C10H18N4S/c1-8-4-3-5-14(6-8)7-9-12-13-10(11-2)15-9/h8H,3-7H2,1-2H3,(H,11,13). The molecule has 1 N–H and O–H groups in total. The van der Waals surface area contributed by atoms with Crippen LogP contribution in [0.5, 0.6) is 0 Å². The number of piperidine rings is 1. The SMILES string of the molecule is CNc1nnc(CN2CCCC(C)C2)s1. The van der Waals surface area contributed by atoms with Crippen LogP contribution in [0.4, 0.5) is 5.13 Å². The molecule has 1 aliphatic rings. The molecule has 15 heavy (non-hydrogen) atoms. The molecule has 1 atom stereocenters. The zero-order valence-corrected chi connectivity index (χ0v) is 10.2. The Kier molecular flexibility index (Phi) is 3.53. The second kappa shape index (κ2) is 4.90. The van der Waals surface area contributed by atoms with E-state index in [2.05, 4.69) is 27.3 Å². The van der Waals surface area contributed by atoms with E-state index in [1.54, 1.807) is 11.3 Å². The second-order valence-corrected chi connectivity index (χ2v) is 5.30. The quantitative estimate of drug-likeness (QED) is 0.853. The monoisotopic (exact) mass is 226 g/mol. The van der Waals surface area contributed by atoms with E-state index in [1.807, 2.05) is 7.05 Å². The van der Waals surface area contributed by atoms with Crippen molar-refractivity contribution in [1.82, 2.24) is 15.1 Å². The van der Waals surface area contributed by atoms with Gasteiger partial charge in [0.15, 0.2) is 0 Å². The molecular weight excluding hydrogens is 208 g/mol. The minimum absolute atomic E-state index is 0.829. The highest BCUT2D eigenvalue weighted by Gasteiger charge is 2.17. The smallest absolute Gasteiger partial charge is 0.205 e. The van der Waals surface area contributed by atoms with Crippen molar-refractivity contribution in [1.29, 1.82) is 0 Å². The third-order valence-electron chi connectivity index (χ3n) is 2.78. The molecule has 1 aromatic rings. The van der Waals surface area contributed by atoms with Crippen LogP contribution >= 0.6 is 11.3 Å². The van der Waals surface area contributed by atoms with Crippen LogP contribution in [0.1, 0.15) is 24.8 Å². The fourth-order valence-electron chi connectivity index (χ4n) is 2.04. The third kappa shape index (κ3) is 2.89. The van der Waals surface area contributed by atoms with Gasteiger partial charge in [0.2, 0.25) is 5.13 Å².